The molecule has 3 amide bonds. The van der Waals surface area contributed by atoms with E-state index >= 15 is 0 Å². The third-order valence-corrected chi connectivity index (χ3v) is 11.2. The highest BCUT2D eigenvalue weighted by Gasteiger charge is 2.33. The molecule has 2 aliphatic heterocycles. The summed E-state index contributed by atoms with van der Waals surface area (Å²) in [5, 5.41) is 9.99. The normalized spacial score (nSPS) is 17.9. The third kappa shape index (κ3) is 13.4. The second kappa shape index (κ2) is 18.8. The van der Waals surface area contributed by atoms with E-state index in [2.05, 4.69) is 36.7 Å². The number of halogens is 2. The van der Waals surface area contributed by atoms with Gasteiger partial charge in [0.1, 0.15) is 11.6 Å². The number of carbonyl (C=O) groups is 3. The van der Waals surface area contributed by atoms with Gasteiger partial charge in [-0.25, -0.2) is 4.79 Å². The number of benzene rings is 2. The minimum Gasteiger partial charge on any atom is -0.443 e. The van der Waals surface area contributed by atoms with Crippen molar-refractivity contribution in [2.45, 2.75) is 90.2 Å². The van der Waals surface area contributed by atoms with Gasteiger partial charge in [-0.05, 0) is 62.6 Å². The SMILES string of the molecule is CC(C)(C)OC(=O)N1C=CNC(=O)[C@@H]1Cc1ccc(Cl)cc1.CC[SiH](CC)CC.O=C1NCCN[C@H]1Cc1ccc(Cl)cc1. The monoisotopic (exact) mass is 662 g/mol. The molecule has 44 heavy (non-hydrogen) atoms. The number of nitrogens with zero attached hydrogens (tertiary/aromatic N) is 1. The van der Waals surface area contributed by atoms with Gasteiger partial charge in [0.05, 0.1) is 6.04 Å². The molecule has 2 aliphatic rings. The van der Waals surface area contributed by atoms with E-state index in [4.69, 9.17) is 27.9 Å². The lowest BCUT2D eigenvalue weighted by atomic mass is 10.0. The lowest BCUT2D eigenvalue weighted by Crippen LogP contribution is -2.53. The minimum absolute atomic E-state index is 0.0798. The van der Waals surface area contributed by atoms with Gasteiger partial charge in [0, 0.05) is 50.8 Å². The summed E-state index contributed by atoms with van der Waals surface area (Å²) in [4.78, 5) is 37.2. The number of hydrogen-bond donors (Lipinski definition) is 3. The summed E-state index contributed by atoms with van der Waals surface area (Å²) in [6.45, 7) is 13.9. The zero-order valence-electron chi connectivity index (χ0n) is 26.8. The summed E-state index contributed by atoms with van der Waals surface area (Å²) in [5.74, 6) is -0.167. The Morgan fingerprint density at radius 2 is 1.39 bits per heavy atom. The number of amides is 3. The second-order valence-corrected chi connectivity index (χ2v) is 16.8. The maximum atomic E-state index is 12.3. The molecule has 0 radical (unpaired) electrons. The van der Waals surface area contributed by atoms with Crippen LogP contribution in [0.3, 0.4) is 0 Å². The van der Waals surface area contributed by atoms with E-state index in [1.165, 1.54) is 35.4 Å². The van der Waals surface area contributed by atoms with E-state index < -0.39 is 17.7 Å². The van der Waals surface area contributed by atoms with Gasteiger partial charge < -0.3 is 20.7 Å². The Hall–Kier alpha value is -2.85. The van der Waals surface area contributed by atoms with Crippen molar-refractivity contribution < 1.29 is 19.1 Å². The van der Waals surface area contributed by atoms with Gasteiger partial charge in [-0.15, -0.1) is 0 Å². The van der Waals surface area contributed by atoms with Crippen molar-refractivity contribution in [1.82, 2.24) is 20.9 Å². The molecule has 2 heterocycles. The minimum atomic E-state index is -0.652. The summed E-state index contributed by atoms with van der Waals surface area (Å²) in [5.41, 5.74) is 1.41. The molecule has 2 aromatic rings. The van der Waals surface area contributed by atoms with Crippen LogP contribution in [0.2, 0.25) is 28.2 Å². The van der Waals surface area contributed by atoms with Gasteiger partial charge in [0.25, 0.3) is 0 Å². The molecule has 0 spiro atoms. The number of hydrogen-bond acceptors (Lipinski definition) is 5. The summed E-state index contributed by atoms with van der Waals surface area (Å²) in [6, 6.07) is 18.5. The first-order chi connectivity index (χ1) is 20.9. The largest absolute Gasteiger partial charge is 0.443 e. The van der Waals surface area contributed by atoms with Crippen molar-refractivity contribution in [3.8, 4) is 0 Å². The van der Waals surface area contributed by atoms with Crippen LogP contribution in [0, 0.1) is 0 Å². The first kappa shape index (κ1) is 37.3. The number of rotatable bonds is 7. The molecule has 2 atom stereocenters. The molecule has 3 N–H and O–H groups in total. The second-order valence-electron chi connectivity index (χ2n) is 11.8. The predicted molar refractivity (Wildman–Crippen MR) is 183 cm³/mol. The molecule has 11 heteroatoms. The Balaban J connectivity index is 0.000000264. The summed E-state index contributed by atoms with van der Waals surface area (Å²) in [7, 11) is -0.171. The van der Waals surface area contributed by atoms with Gasteiger partial charge in [0.2, 0.25) is 11.8 Å². The van der Waals surface area contributed by atoms with E-state index in [1.807, 2.05) is 36.4 Å². The maximum absolute atomic E-state index is 12.3. The van der Waals surface area contributed by atoms with Crippen LogP contribution in [0.4, 0.5) is 4.79 Å². The van der Waals surface area contributed by atoms with Crippen molar-refractivity contribution in [2.24, 2.45) is 0 Å². The topological polar surface area (TPSA) is 99.8 Å². The highest BCUT2D eigenvalue weighted by Crippen LogP contribution is 2.19. The molecule has 4 rings (SSSR count). The van der Waals surface area contributed by atoms with Gasteiger partial charge in [0.15, 0.2) is 0 Å². The van der Waals surface area contributed by atoms with E-state index in [9.17, 15) is 14.4 Å². The molecule has 0 saturated carbocycles. The smallest absolute Gasteiger partial charge is 0.415 e. The van der Waals surface area contributed by atoms with Crippen molar-refractivity contribution in [3.05, 3.63) is 82.1 Å². The van der Waals surface area contributed by atoms with Crippen molar-refractivity contribution in [3.63, 3.8) is 0 Å². The molecule has 0 bridgehead atoms. The number of ether oxygens (including phenoxy) is 1. The quantitative estimate of drug-likeness (QED) is 0.301. The molecule has 242 valence electrons. The van der Waals surface area contributed by atoms with Crippen LogP contribution in [0.1, 0.15) is 52.7 Å². The Kier molecular flexibility index (Phi) is 16.0. The van der Waals surface area contributed by atoms with Gasteiger partial charge >= 0.3 is 6.09 Å². The van der Waals surface area contributed by atoms with Crippen molar-refractivity contribution >= 4 is 49.9 Å². The standard InChI is InChI=1S/C16H19ClN2O3.C11H13ClN2O.C6H16Si/c1-16(2,3)22-15(21)19-9-8-18-14(20)13(19)10-11-4-6-12(17)7-5-11;12-9-3-1-8(2-4-9)7-10-11(15)14-6-5-13-10;1-4-7(5-2)6-3/h4-9,13H,10H2,1-3H3,(H,18,20);1-4,10,13H,5-7H2,(H,14,15);7H,4-6H2,1-3H3/t13-;10-;/m00./s1. The van der Waals surface area contributed by atoms with Crippen LogP contribution < -0.4 is 16.0 Å². The molecule has 1 saturated heterocycles. The Morgan fingerprint density at radius 3 is 1.84 bits per heavy atom. The Bertz CT molecular complexity index is 1210. The fourth-order valence-corrected chi connectivity index (χ4v) is 6.58. The van der Waals surface area contributed by atoms with Crippen molar-refractivity contribution in [1.29, 1.82) is 0 Å². The summed E-state index contributed by atoms with van der Waals surface area (Å²) < 4.78 is 5.35. The molecule has 2 aromatic carbocycles. The molecule has 0 unspecified atom stereocenters. The van der Waals surface area contributed by atoms with Gasteiger partial charge in [-0.2, -0.15) is 0 Å². The zero-order valence-corrected chi connectivity index (χ0v) is 29.5. The number of nitrogens with one attached hydrogen (secondary N) is 3. The number of carbonyl (C=O) groups excluding carboxylic acids is 3. The predicted octanol–water partition coefficient (Wildman–Crippen LogP) is 6.33. The third-order valence-electron chi connectivity index (χ3n) is 7.26. The van der Waals surface area contributed by atoms with Crippen molar-refractivity contribution in [2.75, 3.05) is 13.1 Å². The summed E-state index contributed by atoms with van der Waals surface area (Å²) in [6.07, 6.45) is 3.51. The fourth-order valence-electron chi connectivity index (χ4n) is 4.60. The average Bonchev–Trinajstić information content (AvgIpc) is 2.98. The Morgan fingerprint density at radius 1 is 0.864 bits per heavy atom. The number of piperazine rings is 1. The molecule has 1 fully saturated rings. The van der Waals surface area contributed by atoms with Crippen LogP contribution in [-0.4, -0.2) is 62.4 Å². The molecular weight excluding hydrogens is 615 g/mol. The van der Waals surface area contributed by atoms with E-state index in [-0.39, 0.29) is 26.7 Å². The maximum Gasteiger partial charge on any atom is 0.415 e. The average molecular weight is 664 g/mol. The van der Waals surface area contributed by atoms with Crippen LogP contribution in [0.5, 0.6) is 0 Å². The zero-order chi connectivity index (χ0) is 32.7. The fraction of sp³-hybridized carbons (Fsp3) is 0.485. The first-order valence-corrected chi connectivity index (χ1v) is 18.6. The van der Waals surface area contributed by atoms with E-state index in [1.54, 1.807) is 32.9 Å². The lowest BCUT2D eigenvalue weighted by molar-refractivity contribution is -0.125. The lowest BCUT2D eigenvalue weighted by Gasteiger charge is -2.32. The van der Waals surface area contributed by atoms with Crippen LogP contribution in [0.25, 0.3) is 0 Å². The van der Waals surface area contributed by atoms with Crippen LogP contribution in [0.15, 0.2) is 60.9 Å². The van der Waals surface area contributed by atoms with Gasteiger partial charge in [-0.3, -0.25) is 14.5 Å². The van der Waals surface area contributed by atoms with E-state index in [0.717, 1.165) is 29.2 Å². The molecule has 0 aliphatic carbocycles. The highest BCUT2D eigenvalue weighted by molar-refractivity contribution is 6.58. The Labute approximate surface area is 274 Å². The van der Waals surface area contributed by atoms with Crippen LogP contribution in [-0.2, 0) is 27.2 Å². The van der Waals surface area contributed by atoms with E-state index in [0.29, 0.717) is 17.9 Å². The van der Waals surface area contributed by atoms with Gasteiger partial charge in [-0.1, -0.05) is 86.4 Å². The molecule has 8 nitrogen and oxygen atoms in total. The first-order valence-electron chi connectivity index (χ1n) is 15.3. The summed E-state index contributed by atoms with van der Waals surface area (Å²) >= 11 is 11.6. The molecular formula is C33H48Cl2N4O4Si. The van der Waals surface area contributed by atoms with Crippen LogP contribution >= 0.6 is 23.2 Å². The highest BCUT2D eigenvalue weighted by atomic mass is 35.5. The molecule has 0 aromatic heterocycles.